The zero-order valence-corrected chi connectivity index (χ0v) is 11.1. The fourth-order valence-corrected chi connectivity index (χ4v) is 2.79. The van der Waals surface area contributed by atoms with E-state index in [0.29, 0.717) is 18.7 Å². The lowest BCUT2D eigenvalue weighted by Gasteiger charge is -2.15. The number of amides is 1. The highest BCUT2D eigenvalue weighted by atomic mass is 32.2. The minimum Gasteiger partial charge on any atom is -0.364 e. The van der Waals surface area contributed by atoms with Crippen LogP contribution in [0.1, 0.15) is 16.1 Å². The molecule has 0 saturated heterocycles. The molecule has 2 heterocycles. The lowest BCUT2D eigenvalue weighted by atomic mass is 10.2. The predicted octanol–water partition coefficient (Wildman–Crippen LogP) is 0.525. The first-order chi connectivity index (χ1) is 9.47. The minimum atomic E-state index is -3.74. The third kappa shape index (κ3) is 2.08. The van der Waals surface area contributed by atoms with Crippen molar-refractivity contribution in [2.24, 2.45) is 5.14 Å². The van der Waals surface area contributed by atoms with Crippen LogP contribution in [-0.4, -0.2) is 26.0 Å². The summed E-state index contributed by atoms with van der Waals surface area (Å²) in [6.45, 7) is 0.467. The Hall–Kier alpha value is -2.19. The zero-order chi connectivity index (χ0) is 14.3. The number of fused-ring (bicyclic) bond motifs is 1. The summed E-state index contributed by atoms with van der Waals surface area (Å²) in [5.41, 5.74) is 1.66. The van der Waals surface area contributed by atoms with E-state index < -0.39 is 10.0 Å². The van der Waals surface area contributed by atoms with Gasteiger partial charge in [-0.05, 0) is 30.2 Å². The Balaban J connectivity index is 1.98. The summed E-state index contributed by atoms with van der Waals surface area (Å²) in [5, 5.41) is 8.70. The number of benzene rings is 1. The maximum absolute atomic E-state index is 12.2. The van der Waals surface area contributed by atoms with E-state index in [1.54, 1.807) is 11.0 Å². The summed E-state index contributed by atoms with van der Waals surface area (Å²) in [6.07, 6.45) is 1.90. The number of nitrogens with two attached hydrogens (primary N) is 1. The summed E-state index contributed by atoms with van der Waals surface area (Å²) in [6, 6.07) is 5.96. The first-order valence-corrected chi connectivity index (χ1v) is 7.39. The topological polar surface area (TPSA) is 106 Å². The molecule has 2 N–H and O–H groups in total. The molecule has 0 bridgehead atoms. The normalized spacial score (nSPS) is 14.3. The number of carbonyl (C=O) groups is 1. The maximum atomic E-state index is 12.2. The number of primary sulfonamides is 1. The van der Waals surface area contributed by atoms with Crippen LogP contribution in [0.5, 0.6) is 0 Å². The molecule has 0 radical (unpaired) electrons. The average Bonchev–Trinajstić information content (AvgIpc) is 3.06. The highest BCUT2D eigenvalue weighted by molar-refractivity contribution is 7.89. The predicted molar refractivity (Wildman–Crippen MR) is 69.7 cm³/mol. The van der Waals surface area contributed by atoms with Gasteiger partial charge in [-0.3, -0.25) is 4.79 Å². The van der Waals surface area contributed by atoms with Crippen molar-refractivity contribution >= 4 is 21.6 Å². The van der Waals surface area contributed by atoms with Crippen molar-refractivity contribution in [3.8, 4) is 0 Å². The number of carbonyl (C=O) groups excluding carboxylic acids is 1. The van der Waals surface area contributed by atoms with Crippen LogP contribution in [0.4, 0.5) is 5.69 Å². The standard InChI is InChI=1S/C12H11N3O4S/c13-20(17,18)9-1-2-11-8(7-9)3-5-15(11)12(16)10-4-6-19-14-10/h1-2,4,6-7H,3,5H2,(H2,13,17,18). The van der Waals surface area contributed by atoms with Crippen LogP contribution < -0.4 is 10.0 Å². The van der Waals surface area contributed by atoms with Crippen molar-refractivity contribution in [3.05, 3.63) is 41.8 Å². The molecule has 0 spiro atoms. The van der Waals surface area contributed by atoms with Gasteiger partial charge in [0, 0.05) is 18.3 Å². The molecule has 0 saturated carbocycles. The summed E-state index contributed by atoms with van der Waals surface area (Å²) in [7, 11) is -3.74. The van der Waals surface area contributed by atoms with Gasteiger partial charge in [-0.2, -0.15) is 0 Å². The third-order valence-electron chi connectivity index (χ3n) is 3.18. The van der Waals surface area contributed by atoms with E-state index in [1.165, 1.54) is 24.5 Å². The number of anilines is 1. The van der Waals surface area contributed by atoms with E-state index >= 15 is 0 Å². The Kier molecular flexibility index (Phi) is 2.84. The number of hydrogen-bond acceptors (Lipinski definition) is 5. The van der Waals surface area contributed by atoms with Crippen molar-refractivity contribution < 1.29 is 17.7 Å². The smallest absolute Gasteiger partial charge is 0.280 e. The van der Waals surface area contributed by atoms with Gasteiger partial charge in [0.05, 0.1) is 4.90 Å². The second kappa shape index (κ2) is 4.43. The molecule has 7 nitrogen and oxygen atoms in total. The third-order valence-corrected chi connectivity index (χ3v) is 4.09. The van der Waals surface area contributed by atoms with Gasteiger partial charge in [-0.1, -0.05) is 5.16 Å². The maximum Gasteiger partial charge on any atom is 0.280 e. The molecule has 1 amide bonds. The molecule has 20 heavy (non-hydrogen) atoms. The number of aromatic nitrogens is 1. The first kappa shape index (κ1) is 12.8. The van der Waals surface area contributed by atoms with Crippen molar-refractivity contribution in [2.75, 3.05) is 11.4 Å². The Bertz CT molecular complexity index is 768. The molecule has 8 heteroatoms. The Labute approximate surface area is 115 Å². The lowest BCUT2D eigenvalue weighted by Crippen LogP contribution is -2.29. The highest BCUT2D eigenvalue weighted by Crippen LogP contribution is 2.30. The van der Waals surface area contributed by atoms with E-state index in [2.05, 4.69) is 9.68 Å². The molecule has 1 aliphatic rings. The molecule has 0 atom stereocenters. The molecule has 1 aliphatic heterocycles. The lowest BCUT2D eigenvalue weighted by molar-refractivity contribution is 0.0980. The molecule has 3 rings (SSSR count). The van der Waals surface area contributed by atoms with E-state index in [-0.39, 0.29) is 16.5 Å². The second-order valence-corrected chi connectivity index (χ2v) is 5.99. The highest BCUT2D eigenvalue weighted by Gasteiger charge is 2.28. The van der Waals surface area contributed by atoms with Gasteiger partial charge >= 0.3 is 0 Å². The summed E-state index contributed by atoms with van der Waals surface area (Å²) in [4.78, 5) is 13.8. The van der Waals surface area contributed by atoms with Crippen LogP contribution in [0, 0.1) is 0 Å². The van der Waals surface area contributed by atoms with E-state index in [0.717, 1.165) is 5.56 Å². The van der Waals surface area contributed by atoms with Gasteiger partial charge in [0.1, 0.15) is 6.26 Å². The summed E-state index contributed by atoms with van der Waals surface area (Å²) < 4.78 is 27.3. The molecular formula is C12H11N3O4S. The fraction of sp³-hybridized carbons (Fsp3) is 0.167. The van der Waals surface area contributed by atoms with Gasteiger partial charge in [-0.25, -0.2) is 13.6 Å². The molecule has 0 fully saturated rings. The van der Waals surface area contributed by atoms with Crippen molar-refractivity contribution in [1.29, 1.82) is 0 Å². The van der Waals surface area contributed by atoms with Crippen molar-refractivity contribution in [3.63, 3.8) is 0 Å². The Morgan fingerprint density at radius 3 is 2.80 bits per heavy atom. The largest absolute Gasteiger partial charge is 0.364 e. The van der Waals surface area contributed by atoms with Gasteiger partial charge in [-0.15, -0.1) is 0 Å². The van der Waals surface area contributed by atoms with Gasteiger partial charge < -0.3 is 9.42 Å². The minimum absolute atomic E-state index is 0.0481. The average molecular weight is 293 g/mol. The van der Waals surface area contributed by atoms with Crippen LogP contribution in [0.2, 0.25) is 0 Å². The van der Waals surface area contributed by atoms with Gasteiger partial charge in [0.15, 0.2) is 5.69 Å². The molecule has 0 unspecified atom stereocenters. The fourth-order valence-electron chi connectivity index (χ4n) is 2.23. The molecule has 2 aromatic rings. The Morgan fingerprint density at radius 1 is 1.35 bits per heavy atom. The van der Waals surface area contributed by atoms with E-state index in [9.17, 15) is 13.2 Å². The van der Waals surface area contributed by atoms with Crippen molar-refractivity contribution in [2.45, 2.75) is 11.3 Å². The molecule has 0 aliphatic carbocycles. The quantitative estimate of drug-likeness (QED) is 0.869. The number of sulfonamides is 1. The molecule has 104 valence electrons. The Morgan fingerprint density at radius 2 is 2.15 bits per heavy atom. The van der Waals surface area contributed by atoms with E-state index in [4.69, 9.17) is 5.14 Å². The van der Waals surface area contributed by atoms with Crippen LogP contribution in [0.25, 0.3) is 0 Å². The van der Waals surface area contributed by atoms with Crippen LogP contribution in [0.3, 0.4) is 0 Å². The number of hydrogen-bond donors (Lipinski definition) is 1. The summed E-state index contributed by atoms with van der Waals surface area (Å²) in [5.74, 6) is -0.277. The molecule has 1 aromatic carbocycles. The SMILES string of the molecule is NS(=O)(=O)c1ccc2c(c1)CCN2C(=O)c1ccon1. The first-order valence-electron chi connectivity index (χ1n) is 5.85. The monoisotopic (exact) mass is 293 g/mol. The number of nitrogens with zero attached hydrogens (tertiary/aromatic N) is 2. The molecular weight excluding hydrogens is 282 g/mol. The van der Waals surface area contributed by atoms with Gasteiger partial charge in [0.25, 0.3) is 5.91 Å². The van der Waals surface area contributed by atoms with E-state index in [1.807, 2.05) is 0 Å². The zero-order valence-electron chi connectivity index (χ0n) is 10.3. The van der Waals surface area contributed by atoms with Crippen LogP contribution >= 0.6 is 0 Å². The van der Waals surface area contributed by atoms with Gasteiger partial charge in [0.2, 0.25) is 10.0 Å². The molecule has 1 aromatic heterocycles. The van der Waals surface area contributed by atoms with Crippen molar-refractivity contribution in [1.82, 2.24) is 5.16 Å². The second-order valence-electron chi connectivity index (χ2n) is 4.43. The van der Waals surface area contributed by atoms with Crippen LogP contribution in [-0.2, 0) is 16.4 Å². The summed E-state index contributed by atoms with van der Waals surface area (Å²) >= 11 is 0. The number of rotatable bonds is 2. The van der Waals surface area contributed by atoms with Crippen LogP contribution in [0.15, 0.2) is 39.9 Å².